The van der Waals surface area contributed by atoms with Crippen LogP contribution >= 0.6 is 0 Å². The van der Waals surface area contributed by atoms with Gasteiger partial charge in [0.05, 0.1) is 18.8 Å². The normalized spacial score (nSPS) is 24.2. The van der Waals surface area contributed by atoms with Crippen LogP contribution in [-0.2, 0) is 27.4 Å². The first-order chi connectivity index (χ1) is 16.6. The summed E-state index contributed by atoms with van der Waals surface area (Å²) < 4.78 is 13.0. The number of amides is 1. The van der Waals surface area contributed by atoms with Gasteiger partial charge in [0.1, 0.15) is 0 Å². The summed E-state index contributed by atoms with van der Waals surface area (Å²) >= 11 is 0. The van der Waals surface area contributed by atoms with Crippen LogP contribution in [0.1, 0.15) is 80.1 Å². The predicted molar refractivity (Wildman–Crippen MR) is 132 cm³/mol. The second-order valence-corrected chi connectivity index (χ2v) is 9.57. The van der Waals surface area contributed by atoms with Crippen molar-refractivity contribution in [3.05, 3.63) is 70.8 Å². The van der Waals surface area contributed by atoms with Crippen LogP contribution in [0.2, 0.25) is 0 Å². The van der Waals surface area contributed by atoms with Crippen LogP contribution in [0.15, 0.2) is 48.5 Å². The molecule has 4 rings (SSSR count). The number of hydrogen-bond acceptors (Lipinski definition) is 5. The molecular weight excluding hydrogens is 428 g/mol. The van der Waals surface area contributed by atoms with Gasteiger partial charge in [-0.15, -0.1) is 0 Å². The lowest BCUT2D eigenvalue weighted by Gasteiger charge is -2.38. The molecule has 0 aromatic heterocycles. The highest BCUT2D eigenvalue weighted by Crippen LogP contribution is 2.38. The van der Waals surface area contributed by atoms with Gasteiger partial charge in [0.2, 0.25) is 5.91 Å². The molecule has 0 bridgehead atoms. The van der Waals surface area contributed by atoms with E-state index in [9.17, 15) is 9.90 Å². The summed E-state index contributed by atoms with van der Waals surface area (Å²) in [6.07, 6.45) is 6.90. The van der Waals surface area contributed by atoms with Crippen LogP contribution in [-0.4, -0.2) is 41.7 Å². The molecule has 2 aliphatic heterocycles. The SMILES string of the molecule is CC(=O)NCc1ccc([C@@H]2O[C@H](CN3CCCCCCC3)C[C@H](c3ccc(CO)cc3)O2)cc1. The molecule has 0 spiro atoms. The minimum Gasteiger partial charge on any atom is -0.392 e. The van der Waals surface area contributed by atoms with Crippen LogP contribution in [0.5, 0.6) is 0 Å². The first-order valence-electron chi connectivity index (χ1n) is 12.7. The molecular formula is C28H38N2O4. The highest BCUT2D eigenvalue weighted by molar-refractivity contribution is 5.72. The van der Waals surface area contributed by atoms with E-state index in [0.29, 0.717) is 6.54 Å². The van der Waals surface area contributed by atoms with Crippen molar-refractivity contribution in [2.45, 2.75) is 77.1 Å². The monoisotopic (exact) mass is 466 g/mol. The van der Waals surface area contributed by atoms with Crippen LogP contribution in [0.25, 0.3) is 0 Å². The van der Waals surface area contributed by atoms with E-state index in [4.69, 9.17) is 9.47 Å². The number of benzene rings is 2. The molecule has 2 fully saturated rings. The smallest absolute Gasteiger partial charge is 0.217 e. The second kappa shape index (κ2) is 12.5. The average Bonchev–Trinajstić information content (AvgIpc) is 2.84. The van der Waals surface area contributed by atoms with Crippen molar-refractivity contribution in [3.8, 4) is 0 Å². The Morgan fingerprint density at radius 1 is 0.912 bits per heavy atom. The van der Waals surface area contributed by atoms with Crippen molar-refractivity contribution in [2.24, 2.45) is 0 Å². The molecule has 2 aromatic carbocycles. The standard InChI is InChI=1S/C28H38N2O4/c1-21(32)29-18-22-7-13-25(14-8-22)28-33-26(19-30-15-5-3-2-4-6-16-30)17-27(34-28)24-11-9-23(20-31)10-12-24/h7-14,26-28,31H,2-6,15-20H2,1H3,(H,29,32)/t26-,27+,28+/m0/s1. The van der Waals surface area contributed by atoms with Gasteiger partial charge in [-0.05, 0) is 42.6 Å². The molecule has 0 saturated carbocycles. The molecule has 2 aliphatic rings. The Morgan fingerprint density at radius 2 is 1.53 bits per heavy atom. The third-order valence-corrected chi connectivity index (χ3v) is 6.82. The first-order valence-corrected chi connectivity index (χ1v) is 12.7. The van der Waals surface area contributed by atoms with E-state index in [-0.39, 0.29) is 24.7 Å². The Labute approximate surface area is 203 Å². The van der Waals surface area contributed by atoms with Crippen LogP contribution in [0.4, 0.5) is 0 Å². The molecule has 184 valence electrons. The number of aliphatic hydroxyl groups is 1. The Bertz CT molecular complexity index is 892. The van der Waals surface area contributed by atoms with Gasteiger partial charge in [0.25, 0.3) is 0 Å². The third kappa shape index (κ3) is 7.12. The predicted octanol–water partition coefficient (Wildman–Crippen LogP) is 4.63. The number of ether oxygens (including phenoxy) is 2. The quantitative estimate of drug-likeness (QED) is 0.623. The highest BCUT2D eigenvalue weighted by atomic mass is 16.7. The van der Waals surface area contributed by atoms with E-state index < -0.39 is 6.29 Å². The minimum atomic E-state index is -0.439. The van der Waals surface area contributed by atoms with Gasteiger partial charge >= 0.3 is 0 Å². The van der Waals surface area contributed by atoms with E-state index in [0.717, 1.165) is 48.3 Å². The topological polar surface area (TPSA) is 71.0 Å². The van der Waals surface area contributed by atoms with Gasteiger partial charge in [0.15, 0.2) is 6.29 Å². The van der Waals surface area contributed by atoms with Crippen molar-refractivity contribution in [1.29, 1.82) is 0 Å². The van der Waals surface area contributed by atoms with Crippen molar-refractivity contribution in [3.63, 3.8) is 0 Å². The minimum absolute atomic E-state index is 0.0369. The number of rotatable bonds is 7. The van der Waals surface area contributed by atoms with Gasteiger partial charge in [-0.2, -0.15) is 0 Å². The summed E-state index contributed by atoms with van der Waals surface area (Å²) in [4.78, 5) is 13.8. The average molecular weight is 467 g/mol. The zero-order chi connectivity index (χ0) is 23.8. The number of nitrogens with zero attached hydrogens (tertiary/aromatic N) is 1. The fourth-order valence-electron chi connectivity index (χ4n) is 4.84. The lowest BCUT2D eigenvalue weighted by molar-refractivity contribution is -0.253. The Morgan fingerprint density at radius 3 is 2.18 bits per heavy atom. The molecule has 0 unspecified atom stereocenters. The van der Waals surface area contributed by atoms with Crippen molar-refractivity contribution < 1.29 is 19.4 Å². The van der Waals surface area contributed by atoms with E-state index in [1.807, 2.05) is 36.4 Å². The van der Waals surface area contributed by atoms with Gasteiger partial charge in [-0.3, -0.25) is 4.79 Å². The molecule has 34 heavy (non-hydrogen) atoms. The second-order valence-electron chi connectivity index (χ2n) is 9.57. The molecule has 2 saturated heterocycles. The maximum Gasteiger partial charge on any atom is 0.217 e. The number of likely N-dealkylation sites (tertiary alicyclic amines) is 1. The molecule has 0 radical (unpaired) electrons. The first kappa shape index (κ1) is 24.9. The van der Waals surface area contributed by atoms with E-state index in [1.165, 1.54) is 39.0 Å². The fourth-order valence-corrected chi connectivity index (χ4v) is 4.84. The van der Waals surface area contributed by atoms with E-state index in [1.54, 1.807) is 0 Å². The molecule has 2 N–H and O–H groups in total. The van der Waals surface area contributed by atoms with E-state index in [2.05, 4.69) is 22.3 Å². The Hall–Kier alpha value is -2.25. The molecule has 3 atom stereocenters. The van der Waals surface area contributed by atoms with Crippen molar-refractivity contribution in [1.82, 2.24) is 10.2 Å². The summed E-state index contributed by atoms with van der Waals surface area (Å²) in [5, 5.41) is 12.2. The number of hydrogen-bond donors (Lipinski definition) is 2. The summed E-state index contributed by atoms with van der Waals surface area (Å²) in [6.45, 7) is 5.28. The summed E-state index contributed by atoms with van der Waals surface area (Å²) in [7, 11) is 0. The zero-order valence-corrected chi connectivity index (χ0v) is 20.2. The Kier molecular flexibility index (Phi) is 9.11. The number of carbonyl (C=O) groups is 1. The maximum atomic E-state index is 11.2. The lowest BCUT2D eigenvalue weighted by Crippen LogP contribution is -2.40. The van der Waals surface area contributed by atoms with Crippen molar-refractivity contribution >= 4 is 5.91 Å². The fraction of sp³-hybridized carbons (Fsp3) is 0.536. The number of carbonyl (C=O) groups excluding carboxylic acids is 1. The lowest BCUT2D eigenvalue weighted by atomic mass is 9.99. The summed E-state index contributed by atoms with van der Waals surface area (Å²) in [5.41, 5.74) is 4.05. The summed E-state index contributed by atoms with van der Waals surface area (Å²) in [6, 6.07) is 16.2. The van der Waals surface area contributed by atoms with Crippen LogP contribution < -0.4 is 5.32 Å². The molecule has 1 amide bonds. The molecule has 2 aromatic rings. The largest absolute Gasteiger partial charge is 0.392 e. The van der Waals surface area contributed by atoms with Crippen molar-refractivity contribution in [2.75, 3.05) is 19.6 Å². The number of aliphatic hydroxyl groups excluding tert-OH is 1. The highest BCUT2D eigenvalue weighted by Gasteiger charge is 2.33. The molecule has 2 heterocycles. The molecule has 0 aliphatic carbocycles. The molecule has 6 heteroatoms. The molecule has 6 nitrogen and oxygen atoms in total. The van der Waals surface area contributed by atoms with Gasteiger partial charge in [0, 0.05) is 32.0 Å². The Balaban J connectivity index is 1.49. The van der Waals surface area contributed by atoms with Gasteiger partial charge in [-0.1, -0.05) is 67.8 Å². The number of nitrogens with one attached hydrogen (secondary N) is 1. The van der Waals surface area contributed by atoms with Crippen LogP contribution in [0.3, 0.4) is 0 Å². The third-order valence-electron chi connectivity index (χ3n) is 6.82. The maximum absolute atomic E-state index is 11.2. The van der Waals surface area contributed by atoms with Crippen LogP contribution in [0, 0.1) is 0 Å². The van der Waals surface area contributed by atoms with Gasteiger partial charge < -0.3 is 24.8 Å². The van der Waals surface area contributed by atoms with E-state index >= 15 is 0 Å². The zero-order valence-electron chi connectivity index (χ0n) is 20.2. The summed E-state index contributed by atoms with van der Waals surface area (Å²) in [5.74, 6) is -0.0369. The van der Waals surface area contributed by atoms with Gasteiger partial charge in [-0.25, -0.2) is 0 Å².